The minimum Gasteiger partial charge on any atom is -0.486 e. The first-order chi connectivity index (χ1) is 11.7. The van der Waals surface area contributed by atoms with E-state index in [1.165, 1.54) is 0 Å². The number of rotatable bonds is 10. The van der Waals surface area contributed by atoms with E-state index in [-0.39, 0.29) is 5.91 Å². The predicted molar refractivity (Wildman–Crippen MR) is 92.8 cm³/mol. The highest BCUT2D eigenvalue weighted by molar-refractivity contribution is 5.78. The van der Waals surface area contributed by atoms with Gasteiger partial charge in [0.25, 0.3) is 0 Å². The molecule has 0 saturated heterocycles. The molecule has 1 aliphatic heterocycles. The van der Waals surface area contributed by atoms with Crippen molar-refractivity contribution in [2.24, 2.45) is 0 Å². The number of hydrogen-bond acceptors (Lipinski definition) is 5. The fourth-order valence-corrected chi connectivity index (χ4v) is 2.54. The van der Waals surface area contributed by atoms with Gasteiger partial charge in [0, 0.05) is 13.1 Å². The molecule has 6 nitrogen and oxygen atoms in total. The Kier molecular flexibility index (Phi) is 7.85. The van der Waals surface area contributed by atoms with Crippen molar-refractivity contribution in [1.29, 1.82) is 0 Å². The molecule has 1 N–H and O–H groups in total. The third kappa shape index (κ3) is 6.02. The lowest BCUT2D eigenvalue weighted by molar-refractivity contribution is -0.120. The van der Waals surface area contributed by atoms with Gasteiger partial charge in [-0.3, -0.25) is 4.79 Å². The Hall–Kier alpha value is -1.79. The van der Waals surface area contributed by atoms with Gasteiger partial charge in [-0.25, -0.2) is 0 Å². The van der Waals surface area contributed by atoms with Gasteiger partial charge in [-0.15, -0.1) is 0 Å². The minimum absolute atomic E-state index is 0.0148. The number of ether oxygens (including phenoxy) is 3. The Morgan fingerprint density at radius 2 is 1.92 bits per heavy atom. The highest BCUT2D eigenvalue weighted by Gasteiger charge is 2.13. The zero-order valence-electron chi connectivity index (χ0n) is 14.7. The molecular weight excluding hydrogens is 308 g/mol. The monoisotopic (exact) mass is 336 g/mol. The molecule has 1 aromatic rings. The molecule has 0 saturated carbocycles. The molecule has 0 atom stereocenters. The van der Waals surface area contributed by atoms with Crippen LogP contribution in [0.5, 0.6) is 11.5 Å². The molecule has 134 valence electrons. The summed E-state index contributed by atoms with van der Waals surface area (Å²) in [5, 5.41) is 2.88. The van der Waals surface area contributed by atoms with E-state index in [2.05, 4.69) is 24.1 Å². The summed E-state index contributed by atoms with van der Waals surface area (Å²) in [4.78, 5) is 14.3. The highest BCUT2D eigenvalue weighted by atomic mass is 16.6. The van der Waals surface area contributed by atoms with E-state index in [1.807, 2.05) is 18.2 Å². The van der Waals surface area contributed by atoms with Gasteiger partial charge in [0.15, 0.2) is 11.5 Å². The van der Waals surface area contributed by atoms with Crippen LogP contribution in [0.2, 0.25) is 0 Å². The van der Waals surface area contributed by atoms with Crippen LogP contribution in [0.3, 0.4) is 0 Å². The third-order valence-corrected chi connectivity index (χ3v) is 3.99. The van der Waals surface area contributed by atoms with E-state index in [4.69, 9.17) is 14.2 Å². The summed E-state index contributed by atoms with van der Waals surface area (Å²) in [5.74, 6) is 1.44. The number of carbonyl (C=O) groups is 1. The molecule has 0 bridgehead atoms. The number of hydrogen-bond donors (Lipinski definition) is 1. The first-order valence-electron chi connectivity index (χ1n) is 8.68. The Labute approximate surface area is 144 Å². The summed E-state index contributed by atoms with van der Waals surface area (Å²) in [6.07, 6.45) is 0.329. The van der Waals surface area contributed by atoms with Gasteiger partial charge < -0.3 is 24.4 Å². The second-order valence-corrected chi connectivity index (χ2v) is 5.64. The molecule has 0 radical (unpaired) electrons. The Bertz CT molecular complexity index is 518. The molecule has 2 rings (SSSR count). The van der Waals surface area contributed by atoms with Crippen LogP contribution in [-0.4, -0.2) is 63.4 Å². The van der Waals surface area contributed by atoms with Crippen LogP contribution in [-0.2, 0) is 16.0 Å². The molecule has 1 aromatic carbocycles. The maximum Gasteiger partial charge on any atom is 0.224 e. The van der Waals surface area contributed by atoms with Crippen molar-refractivity contribution >= 4 is 5.91 Å². The second-order valence-electron chi connectivity index (χ2n) is 5.64. The van der Waals surface area contributed by atoms with Crippen molar-refractivity contribution in [2.45, 2.75) is 20.3 Å². The lowest BCUT2D eigenvalue weighted by atomic mass is 10.1. The number of fused-ring (bicyclic) bond motifs is 1. The fraction of sp³-hybridized carbons (Fsp3) is 0.611. The van der Waals surface area contributed by atoms with Crippen LogP contribution in [0.1, 0.15) is 19.4 Å². The van der Waals surface area contributed by atoms with E-state index in [0.29, 0.717) is 45.1 Å². The van der Waals surface area contributed by atoms with E-state index >= 15 is 0 Å². The minimum atomic E-state index is -0.0148. The number of benzene rings is 1. The summed E-state index contributed by atoms with van der Waals surface area (Å²) in [6.45, 7) is 10.2. The largest absolute Gasteiger partial charge is 0.486 e. The van der Waals surface area contributed by atoms with Crippen molar-refractivity contribution in [2.75, 3.05) is 52.6 Å². The van der Waals surface area contributed by atoms with Gasteiger partial charge in [-0.2, -0.15) is 0 Å². The average Bonchev–Trinajstić information content (AvgIpc) is 2.61. The smallest absolute Gasteiger partial charge is 0.224 e. The molecule has 0 aliphatic carbocycles. The maximum atomic E-state index is 12.0. The molecule has 0 fully saturated rings. The van der Waals surface area contributed by atoms with Gasteiger partial charge in [-0.05, 0) is 30.8 Å². The summed E-state index contributed by atoms with van der Waals surface area (Å²) >= 11 is 0. The highest BCUT2D eigenvalue weighted by Crippen LogP contribution is 2.30. The van der Waals surface area contributed by atoms with Gasteiger partial charge in [0.1, 0.15) is 13.2 Å². The second kappa shape index (κ2) is 10.2. The van der Waals surface area contributed by atoms with Gasteiger partial charge >= 0.3 is 0 Å². The number of nitrogens with one attached hydrogen (secondary N) is 1. The zero-order chi connectivity index (χ0) is 17.2. The van der Waals surface area contributed by atoms with Crippen molar-refractivity contribution < 1.29 is 19.0 Å². The average molecular weight is 336 g/mol. The molecule has 6 heteroatoms. The maximum absolute atomic E-state index is 12.0. The molecule has 0 aromatic heterocycles. The molecule has 1 aliphatic rings. The Balaban J connectivity index is 1.61. The van der Waals surface area contributed by atoms with Gasteiger partial charge in [0.2, 0.25) is 5.91 Å². The van der Waals surface area contributed by atoms with Crippen molar-refractivity contribution in [1.82, 2.24) is 10.2 Å². The molecule has 0 unspecified atom stereocenters. The third-order valence-electron chi connectivity index (χ3n) is 3.99. The normalized spacial score (nSPS) is 13.1. The zero-order valence-corrected chi connectivity index (χ0v) is 14.7. The topological polar surface area (TPSA) is 60.0 Å². The standard InChI is InChI=1S/C18H28N2O4/c1-3-20(4-2)8-10-22-9-7-19-18(21)14-15-5-6-16-17(13-15)24-12-11-23-16/h5-6,13H,3-4,7-12,14H2,1-2H3,(H,19,21). The molecule has 0 spiro atoms. The van der Waals surface area contributed by atoms with E-state index < -0.39 is 0 Å². The van der Waals surface area contributed by atoms with E-state index in [0.717, 1.165) is 30.9 Å². The lowest BCUT2D eigenvalue weighted by Gasteiger charge is -2.18. The predicted octanol–water partition coefficient (Wildman–Crippen LogP) is 1.47. The van der Waals surface area contributed by atoms with Gasteiger partial charge in [0.05, 0.1) is 19.6 Å². The van der Waals surface area contributed by atoms with Crippen molar-refractivity contribution in [3.8, 4) is 11.5 Å². The number of amides is 1. The SMILES string of the molecule is CCN(CC)CCOCCNC(=O)Cc1ccc2c(c1)OCCO2. The molecule has 1 amide bonds. The van der Waals surface area contributed by atoms with E-state index in [1.54, 1.807) is 0 Å². The Morgan fingerprint density at radius 1 is 1.17 bits per heavy atom. The summed E-state index contributed by atoms with van der Waals surface area (Å²) in [6, 6.07) is 5.62. The first kappa shape index (κ1) is 18.5. The van der Waals surface area contributed by atoms with Crippen LogP contribution < -0.4 is 14.8 Å². The summed E-state index contributed by atoms with van der Waals surface area (Å²) in [5.41, 5.74) is 0.916. The molecule has 1 heterocycles. The summed E-state index contributed by atoms with van der Waals surface area (Å²) < 4.78 is 16.6. The van der Waals surface area contributed by atoms with Crippen molar-refractivity contribution in [3.05, 3.63) is 23.8 Å². The van der Waals surface area contributed by atoms with Crippen LogP contribution in [0.15, 0.2) is 18.2 Å². The Morgan fingerprint density at radius 3 is 2.67 bits per heavy atom. The summed E-state index contributed by atoms with van der Waals surface area (Å²) in [7, 11) is 0. The number of carbonyl (C=O) groups excluding carboxylic acids is 1. The lowest BCUT2D eigenvalue weighted by Crippen LogP contribution is -2.31. The molecular formula is C18H28N2O4. The number of nitrogens with zero attached hydrogens (tertiary/aromatic N) is 1. The fourth-order valence-electron chi connectivity index (χ4n) is 2.54. The van der Waals surface area contributed by atoms with Crippen LogP contribution in [0.4, 0.5) is 0 Å². The first-order valence-corrected chi connectivity index (χ1v) is 8.68. The number of likely N-dealkylation sites (N-methyl/N-ethyl adjacent to an activating group) is 1. The van der Waals surface area contributed by atoms with Crippen molar-refractivity contribution in [3.63, 3.8) is 0 Å². The van der Waals surface area contributed by atoms with E-state index in [9.17, 15) is 4.79 Å². The van der Waals surface area contributed by atoms with Gasteiger partial charge in [-0.1, -0.05) is 19.9 Å². The van der Waals surface area contributed by atoms with Crippen LogP contribution >= 0.6 is 0 Å². The molecule has 24 heavy (non-hydrogen) atoms. The van der Waals surface area contributed by atoms with Crippen LogP contribution in [0.25, 0.3) is 0 Å². The van der Waals surface area contributed by atoms with Crippen LogP contribution in [0, 0.1) is 0 Å². The quantitative estimate of drug-likeness (QED) is 0.656.